The molecule has 0 aliphatic rings. The van der Waals surface area contributed by atoms with Crippen LogP contribution in [0.4, 0.5) is 13.6 Å². The molecule has 11 nitrogen and oxygen atoms in total. The lowest BCUT2D eigenvalue weighted by Gasteiger charge is -2.41. The molecule has 0 saturated carbocycles. The number of hydrogen-bond acceptors (Lipinski definition) is 7. The number of thioether (sulfide) groups is 1. The van der Waals surface area contributed by atoms with Crippen molar-refractivity contribution in [3.63, 3.8) is 0 Å². The van der Waals surface area contributed by atoms with Gasteiger partial charge >= 0.3 is 18.0 Å². The highest BCUT2D eigenvalue weighted by atomic mass is 32.3. The van der Waals surface area contributed by atoms with E-state index in [1.165, 1.54) is 11.8 Å². The van der Waals surface area contributed by atoms with Gasteiger partial charge in [0.1, 0.15) is 30.3 Å². The van der Waals surface area contributed by atoms with Crippen LogP contribution in [0.3, 0.4) is 0 Å². The second kappa shape index (κ2) is 19.3. The number of nitrogens with zero attached hydrogens (tertiary/aromatic N) is 2. The fraction of sp³-hybridized carbons (Fsp3) is 0.474. The van der Waals surface area contributed by atoms with Gasteiger partial charge in [-0.2, -0.15) is 11.8 Å². The van der Waals surface area contributed by atoms with Crippen LogP contribution in [0.5, 0.6) is 0 Å². The van der Waals surface area contributed by atoms with Gasteiger partial charge in [-0.05, 0) is 72.6 Å². The van der Waals surface area contributed by atoms with E-state index in [0.29, 0.717) is 23.6 Å². The van der Waals surface area contributed by atoms with Crippen molar-refractivity contribution in [2.24, 2.45) is 11.1 Å². The molecule has 15 heteroatoms. The van der Waals surface area contributed by atoms with Crippen LogP contribution >= 0.6 is 21.8 Å². The van der Waals surface area contributed by atoms with Crippen LogP contribution in [-0.2, 0) is 25.7 Å². The number of benzene rings is 2. The van der Waals surface area contributed by atoms with Crippen molar-refractivity contribution >= 4 is 45.7 Å². The van der Waals surface area contributed by atoms with E-state index in [0.717, 1.165) is 23.8 Å². The van der Waals surface area contributed by atoms with E-state index in [2.05, 4.69) is 24.1 Å². The monoisotopic (exact) mass is 778 g/mol. The molecule has 0 bridgehead atoms. The smallest absolute Gasteiger partial charge is 0.407 e. The third-order valence-corrected chi connectivity index (χ3v) is 10.8. The Morgan fingerprint density at radius 3 is 2.28 bits per heavy atom. The van der Waals surface area contributed by atoms with E-state index >= 15 is 4.39 Å². The highest BCUT2D eigenvalue weighted by molar-refractivity contribution is 8.32. The number of halogens is 2. The quantitative estimate of drug-likeness (QED) is 0.104. The molecule has 292 valence electrons. The number of aliphatic carboxylic acids is 2. The number of aromatic nitrogens is 1. The van der Waals surface area contributed by atoms with Gasteiger partial charge < -0.3 is 35.5 Å². The zero-order chi connectivity index (χ0) is 39.5. The number of nitrogens with one attached hydrogen (secondary N) is 1. The van der Waals surface area contributed by atoms with Crippen LogP contribution in [0.25, 0.3) is 11.1 Å². The van der Waals surface area contributed by atoms with E-state index in [4.69, 9.17) is 10.5 Å². The van der Waals surface area contributed by atoms with Gasteiger partial charge in [-0.25, -0.2) is 28.4 Å². The average molecular weight is 779 g/mol. The van der Waals surface area contributed by atoms with Crippen LogP contribution in [0, 0.1) is 17.0 Å². The van der Waals surface area contributed by atoms with Crippen LogP contribution < -0.4 is 11.1 Å². The summed E-state index contributed by atoms with van der Waals surface area (Å²) >= 11 is 1.20. The summed E-state index contributed by atoms with van der Waals surface area (Å²) in [6, 6.07) is 11.2. The lowest BCUT2D eigenvalue weighted by molar-refractivity contribution is -0.141. The fourth-order valence-electron chi connectivity index (χ4n) is 5.68. The van der Waals surface area contributed by atoms with Gasteiger partial charge in [0.25, 0.3) is 0 Å². The van der Waals surface area contributed by atoms with Gasteiger partial charge in [-0.15, -0.1) is 0 Å². The lowest BCUT2D eigenvalue weighted by atomic mass is 9.82. The first-order chi connectivity index (χ1) is 24.8. The Bertz CT molecular complexity index is 1710. The molecule has 2 amide bonds. The van der Waals surface area contributed by atoms with Crippen molar-refractivity contribution in [1.82, 2.24) is 14.8 Å². The van der Waals surface area contributed by atoms with Crippen molar-refractivity contribution in [1.29, 1.82) is 0 Å². The largest absolute Gasteiger partial charge is 0.480 e. The van der Waals surface area contributed by atoms with Gasteiger partial charge in [-0.1, -0.05) is 51.1 Å². The summed E-state index contributed by atoms with van der Waals surface area (Å²) in [5.41, 5.74) is 6.89. The minimum atomic E-state index is -1.39. The molecule has 0 aliphatic heterocycles. The van der Waals surface area contributed by atoms with Crippen LogP contribution in [0.1, 0.15) is 50.9 Å². The molecule has 0 aliphatic carbocycles. The maximum absolute atomic E-state index is 15.2. The Hall–Kier alpha value is -4.08. The predicted molar refractivity (Wildman–Crippen MR) is 208 cm³/mol. The molecular formula is C38H52F2N4O7S2. The van der Waals surface area contributed by atoms with Crippen LogP contribution in [0.15, 0.2) is 60.8 Å². The first-order valence-electron chi connectivity index (χ1n) is 17.1. The van der Waals surface area contributed by atoms with Gasteiger partial charge in [0.05, 0.1) is 11.8 Å². The molecule has 3 rings (SSSR count). The molecular weight excluding hydrogens is 727 g/mol. The molecule has 3 aromatic rings. The third-order valence-electron chi connectivity index (χ3n) is 8.39. The molecule has 5 N–H and O–H groups in total. The van der Waals surface area contributed by atoms with E-state index in [1.54, 1.807) is 17.2 Å². The Morgan fingerprint density at radius 1 is 1.00 bits per heavy atom. The first-order valence-corrected chi connectivity index (χ1v) is 21.3. The van der Waals surface area contributed by atoms with Crippen molar-refractivity contribution in [3.05, 3.63) is 83.7 Å². The van der Waals surface area contributed by atoms with Gasteiger partial charge in [0.15, 0.2) is 0 Å². The summed E-state index contributed by atoms with van der Waals surface area (Å²) in [7, 11) is -0.954. The normalized spacial score (nSPS) is 13.8. The summed E-state index contributed by atoms with van der Waals surface area (Å²) in [6.45, 7) is 6.09. The molecule has 2 aromatic carbocycles. The third kappa shape index (κ3) is 13.7. The number of hydrogen-bond donors (Lipinski definition) is 4. The van der Waals surface area contributed by atoms with Gasteiger partial charge in [-0.3, -0.25) is 9.59 Å². The Kier molecular flexibility index (Phi) is 15.8. The average Bonchev–Trinajstić information content (AvgIpc) is 3.46. The topological polar surface area (TPSA) is 164 Å². The molecule has 1 heterocycles. The molecule has 3 atom stereocenters. The number of carbonyl (C=O) groups is 4. The van der Waals surface area contributed by atoms with Crippen LogP contribution in [-0.4, -0.2) is 105 Å². The lowest BCUT2D eigenvalue weighted by Crippen LogP contribution is -2.47. The van der Waals surface area contributed by atoms with Crippen molar-refractivity contribution < 1.29 is 42.9 Å². The number of nitrogens with two attached hydrogens (primary N) is 1. The van der Waals surface area contributed by atoms with Crippen molar-refractivity contribution in [2.45, 2.75) is 58.3 Å². The standard InChI is InChI=1S/C38H52F2N4O7S2/c1-38(2,3)34(32-20-26(28-21-27(39)12-13-29(28)40)23-43(32)22-25-10-8-7-9-11-25)44(33(45)24-52-18-15-30(41)35(46)47)16-14-31(36(48)49)42-37(50)51-17-19-53(4,5)6/h7-13,20-21,23,30-31,34H,14-19,22,24,41H2,1-6H3,(H,42,50)(H,46,47)(H,48,49)/t30?,31-,34-/m0/s1. The first kappa shape index (κ1) is 43.3. The summed E-state index contributed by atoms with van der Waals surface area (Å²) in [5.74, 6) is -3.23. The zero-order valence-electron chi connectivity index (χ0n) is 31.1. The summed E-state index contributed by atoms with van der Waals surface area (Å²) in [4.78, 5) is 52.1. The maximum Gasteiger partial charge on any atom is 0.407 e. The molecule has 0 radical (unpaired) electrons. The minimum absolute atomic E-state index is 0.0376. The second-order valence-corrected chi connectivity index (χ2v) is 20.5. The number of ether oxygens (including phenoxy) is 1. The summed E-state index contributed by atoms with van der Waals surface area (Å²) in [5, 5.41) is 21.7. The SMILES string of the molecule is CC(C)(C)[C@H](c1cc(-c2cc(F)ccc2F)cn1Cc1ccccc1)N(CC[C@H](NC(=O)OCCS(C)(C)C)C(=O)O)C(=O)CSCCC(N)C(=O)O. The number of carboxylic acids is 2. The molecule has 53 heavy (non-hydrogen) atoms. The summed E-state index contributed by atoms with van der Waals surface area (Å²) < 4.78 is 36.7. The van der Waals surface area contributed by atoms with E-state index in [9.17, 15) is 33.8 Å². The molecule has 0 spiro atoms. The van der Waals surface area contributed by atoms with Crippen molar-refractivity contribution in [3.8, 4) is 11.1 Å². The molecule has 1 aromatic heterocycles. The minimum Gasteiger partial charge on any atom is -0.480 e. The molecule has 0 saturated heterocycles. The predicted octanol–water partition coefficient (Wildman–Crippen LogP) is 6.20. The second-order valence-electron chi connectivity index (χ2n) is 14.8. The van der Waals surface area contributed by atoms with Gasteiger partial charge in [0, 0.05) is 41.9 Å². The fourth-order valence-corrected chi connectivity index (χ4v) is 7.17. The molecule has 0 fully saturated rings. The number of carbonyl (C=O) groups excluding carboxylic acids is 2. The Morgan fingerprint density at radius 2 is 1.68 bits per heavy atom. The number of carboxylic acid groups (broad SMARTS) is 2. The summed E-state index contributed by atoms with van der Waals surface area (Å²) in [6.07, 6.45) is 6.99. The van der Waals surface area contributed by atoms with E-state index in [-0.39, 0.29) is 49.0 Å². The highest BCUT2D eigenvalue weighted by Gasteiger charge is 2.38. The molecule has 1 unspecified atom stereocenters. The van der Waals surface area contributed by atoms with E-state index in [1.807, 2.05) is 55.7 Å². The number of amides is 2. The number of alkyl carbamates (subject to hydrolysis) is 1. The Balaban J connectivity index is 2.06. The Labute approximate surface area is 316 Å². The van der Waals surface area contributed by atoms with E-state index < -0.39 is 63.2 Å². The van der Waals surface area contributed by atoms with Gasteiger partial charge in [0.2, 0.25) is 5.91 Å². The maximum atomic E-state index is 15.2. The highest BCUT2D eigenvalue weighted by Crippen LogP contribution is 2.41. The zero-order valence-corrected chi connectivity index (χ0v) is 32.8. The van der Waals surface area contributed by atoms with Crippen LogP contribution in [0.2, 0.25) is 0 Å². The van der Waals surface area contributed by atoms with Crippen molar-refractivity contribution in [2.75, 3.05) is 49.2 Å². The number of rotatable bonds is 19.